The van der Waals surface area contributed by atoms with Crippen LogP contribution in [0.4, 0.5) is 0 Å². The average Bonchev–Trinajstić information content (AvgIpc) is 3.00. The Labute approximate surface area is 126 Å². The van der Waals surface area contributed by atoms with E-state index in [1.165, 1.54) is 0 Å². The fraction of sp³-hybridized carbons (Fsp3) is 0.200. The Morgan fingerprint density at radius 3 is 2.57 bits per heavy atom. The number of carbonyl (C=O) groups excluding carboxylic acids is 2. The fourth-order valence-corrected chi connectivity index (χ4v) is 2.49. The maximum absolute atomic E-state index is 11.8. The number of hydrogen-bond acceptors (Lipinski definition) is 4. The first-order valence-electron chi connectivity index (χ1n) is 6.41. The summed E-state index contributed by atoms with van der Waals surface area (Å²) in [6.45, 7) is 1.84. The van der Waals surface area contributed by atoms with Crippen LogP contribution in [0.2, 0.25) is 0 Å². The summed E-state index contributed by atoms with van der Waals surface area (Å²) in [5.74, 6) is -0.183. The minimum absolute atomic E-state index is 0.0432. The predicted molar refractivity (Wildman–Crippen MR) is 81.3 cm³/mol. The van der Waals surface area contributed by atoms with Gasteiger partial charge in [0.1, 0.15) is 5.75 Å². The number of hydrogen-bond donors (Lipinski definition) is 2. The van der Waals surface area contributed by atoms with Gasteiger partial charge in [-0.1, -0.05) is 6.07 Å². The summed E-state index contributed by atoms with van der Waals surface area (Å²) >= 11 is 1.59. The Kier molecular flexibility index (Phi) is 4.94. The lowest BCUT2D eigenvalue weighted by Gasteiger charge is -2.12. The standard InChI is InChI=1S/C15H16N2O3S/c1-10(13-3-2-8-21-13)17-14(18)9-20-12-6-4-11(5-7-12)15(16)19/h2-8,10H,9H2,1H3,(H2,16,19)(H,17,18)/t10-/m0/s1. The molecule has 5 nitrogen and oxygen atoms in total. The lowest BCUT2D eigenvalue weighted by Crippen LogP contribution is -2.30. The van der Waals surface area contributed by atoms with E-state index in [0.717, 1.165) is 4.88 Å². The molecule has 0 bridgehead atoms. The Balaban J connectivity index is 1.82. The molecule has 1 aromatic carbocycles. The molecule has 6 heteroatoms. The van der Waals surface area contributed by atoms with Gasteiger partial charge in [-0.25, -0.2) is 0 Å². The quantitative estimate of drug-likeness (QED) is 0.857. The van der Waals surface area contributed by atoms with Gasteiger partial charge in [0.2, 0.25) is 5.91 Å². The average molecular weight is 304 g/mol. The molecule has 0 aliphatic carbocycles. The fourth-order valence-electron chi connectivity index (χ4n) is 1.76. The number of nitrogens with one attached hydrogen (secondary N) is 1. The molecule has 1 atom stereocenters. The Morgan fingerprint density at radius 1 is 1.29 bits per heavy atom. The summed E-state index contributed by atoms with van der Waals surface area (Å²) < 4.78 is 5.36. The minimum Gasteiger partial charge on any atom is -0.484 e. The third-order valence-electron chi connectivity index (χ3n) is 2.86. The molecule has 0 unspecified atom stereocenters. The number of carbonyl (C=O) groups is 2. The summed E-state index contributed by atoms with van der Waals surface area (Å²) in [5.41, 5.74) is 5.55. The second-order valence-electron chi connectivity index (χ2n) is 4.48. The SMILES string of the molecule is C[C@H](NC(=O)COc1ccc(C(N)=O)cc1)c1cccs1. The Bertz CT molecular complexity index is 608. The van der Waals surface area contributed by atoms with Crippen molar-refractivity contribution >= 4 is 23.2 Å². The van der Waals surface area contributed by atoms with E-state index in [-0.39, 0.29) is 18.6 Å². The normalized spacial score (nSPS) is 11.7. The first kappa shape index (κ1) is 15.1. The van der Waals surface area contributed by atoms with Crippen LogP contribution >= 0.6 is 11.3 Å². The zero-order valence-corrected chi connectivity index (χ0v) is 12.4. The highest BCUT2D eigenvalue weighted by molar-refractivity contribution is 7.10. The molecule has 0 radical (unpaired) electrons. The summed E-state index contributed by atoms with van der Waals surface area (Å²) in [7, 11) is 0. The minimum atomic E-state index is -0.496. The van der Waals surface area contributed by atoms with Crippen LogP contribution < -0.4 is 15.8 Å². The van der Waals surface area contributed by atoms with Crippen LogP contribution in [-0.2, 0) is 4.79 Å². The Morgan fingerprint density at radius 2 is 2.00 bits per heavy atom. The molecule has 1 aromatic heterocycles. The predicted octanol–water partition coefficient (Wildman–Crippen LogP) is 2.10. The van der Waals surface area contributed by atoms with Gasteiger partial charge in [-0.3, -0.25) is 9.59 Å². The summed E-state index contributed by atoms with van der Waals surface area (Å²) in [4.78, 5) is 23.8. The molecule has 2 amide bonds. The summed E-state index contributed by atoms with van der Waals surface area (Å²) in [6, 6.07) is 10.2. The van der Waals surface area contributed by atoms with Crippen molar-refractivity contribution in [2.24, 2.45) is 5.73 Å². The molecular formula is C15H16N2O3S. The van der Waals surface area contributed by atoms with Crippen molar-refractivity contribution in [1.82, 2.24) is 5.32 Å². The van der Waals surface area contributed by atoms with Gasteiger partial charge in [-0.15, -0.1) is 11.3 Å². The molecule has 0 saturated carbocycles. The molecule has 0 aliphatic rings. The van der Waals surface area contributed by atoms with Gasteiger partial charge in [-0.2, -0.15) is 0 Å². The molecule has 0 aliphatic heterocycles. The Hall–Kier alpha value is -2.34. The van der Waals surface area contributed by atoms with E-state index in [9.17, 15) is 9.59 Å². The van der Waals surface area contributed by atoms with Gasteiger partial charge in [0.25, 0.3) is 5.91 Å². The van der Waals surface area contributed by atoms with Gasteiger partial charge in [-0.05, 0) is 42.6 Å². The van der Waals surface area contributed by atoms with E-state index >= 15 is 0 Å². The van der Waals surface area contributed by atoms with Crippen LogP contribution in [0.15, 0.2) is 41.8 Å². The number of rotatable bonds is 6. The van der Waals surface area contributed by atoms with Crippen molar-refractivity contribution < 1.29 is 14.3 Å². The van der Waals surface area contributed by atoms with Crippen molar-refractivity contribution in [3.05, 3.63) is 52.2 Å². The molecule has 110 valence electrons. The smallest absolute Gasteiger partial charge is 0.258 e. The first-order valence-corrected chi connectivity index (χ1v) is 7.29. The molecule has 0 fully saturated rings. The maximum atomic E-state index is 11.8. The van der Waals surface area contributed by atoms with E-state index in [1.807, 2.05) is 24.4 Å². The number of amides is 2. The van der Waals surface area contributed by atoms with E-state index in [1.54, 1.807) is 35.6 Å². The van der Waals surface area contributed by atoms with Gasteiger partial charge < -0.3 is 15.8 Å². The monoisotopic (exact) mass is 304 g/mol. The van der Waals surface area contributed by atoms with Crippen molar-refractivity contribution in [2.45, 2.75) is 13.0 Å². The molecular weight excluding hydrogens is 288 g/mol. The van der Waals surface area contributed by atoms with Crippen LogP contribution in [0.25, 0.3) is 0 Å². The van der Waals surface area contributed by atoms with Crippen molar-refractivity contribution in [3.8, 4) is 5.75 Å². The van der Waals surface area contributed by atoms with E-state index < -0.39 is 5.91 Å². The second-order valence-corrected chi connectivity index (χ2v) is 5.46. The van der Waals surface area contributed by atoms with Crippen LogP contribution in [0.1, 0.15) is 28.2 Å². The molecule has 3 N–H and O–H groups in total. The van der Waals surface area contributed by atoms with Crippen LogP contribution in [0.5, 0.6) is 5.75 Å². The van der Waals surface area contributed by atoms with Crippen molar-refractivity contribution in [3.63, 3.8) is 0 Å². The molecule has 2 aromatic rings. The van der Waals surface area contributed by atoms with Crippen molar-refractivity contribution in [1.29, 1.82) is 0 Å². The number of thiophene rings is 1. The lowest BCUT2D eigenvalue weighted by molar-refractivity contribution is -0.123. The molecule has 0 saturated heterocycles. The van der Waals surface area contributed by atoms with Gasteiger partial charge in [0.05, 0.1) is 6.04 Å². The molecule has 2 rings (SSSR count). The molecule has 1 heterocycles. The third kappa shape index (κ3) is 4.32. The highest BCUT2D eigenvalue weighted by atomic mass is 32.1. The van der Waals surface area contributed by atoms with Crippen LogP contribution in [0.3, 0.4) is 0 Å². The van der Waals surface area contributed by atoms with Gasteiger partial charge in [0.15, 0.2) is 6.61 Å². The first-order chi connectivity index (χ1) is 10.1. The maximum Gasteiger partial charge on any atom is 0.258 e. The van der Waals surface area contributed by atoms with Crippen molar-refractivity contribution in [2.75, 3.05) is 6.61 Å². The van der Waals surface area contributed by atoms with Crippen LogP contribution in [-0.4, -0.2) is 18.4 Å². The van der Waals surface area contributed by atoms with E-state index in [4.69, 9.17) is 10.5 Å². The number of benzene rings is 1. The largest absolute Gasteiger partial charge is 0.484 e. The summed E-state index contributed by atoms with van der Waals surface area (Å²) in [6.07, 6.45) is 0. The molecule has 0 spiro atoms. The van der Waals surface area contributed by atoms with Gasteiger partial charge in [0, 0.05) is 10.4 Å². The number of primary amides is 1. The second kappa shape index (κ2) is 6.90. The van der Waals surface area contributed by atoms with Crippen LogP contribution in [0, 0.1) is 0 Å². The zero-order chi connectivity index (χ0) is 15.2. The number of nitrogens with two attached hydrogens (primary N) is 1. The highest BCUT2D eigenvalue weighted by Crippen LogP contribution is 2.18. The lowest BCUT2D eigenvalue weighted by atomic mass is 10.2. The summed E-state index contributed by atoms with van der Waals surface area (Å²) in [5, 5.41) is 4.82. The number of ether oxygens (including phenoxy) is 1. The highest BCUT2D eigenvalue weighted by Gasteiger charge is 2.10. The zero-order valence-electron chi connectivity index (χ0n) is 11.5. The third-order valence-corrected chi connectivity index (χ3v) is 3.91. The van der Waals surface area contributed by atoms with Gasteiger partial charge >= 0.3 is 0 Å². The van der Waals surface area contributed by atoms with E-state index in [2.05, 4.69) is 5.32 Å². The topological polar surface area (TPSA) is 81.4 Å². The van der Waals surface area contributed by atoms with E-state index in [0.29, 0.717) is 11.3 Å². The molecule has 21 heavy (non-hydrogen) atoms.